The summed E-state index contributed by atoms with van der Waals surface area (Å²) >= 11 is 0. The molecule has 0 saturated heterocycles. The van der Waals surface area contributed by atoms with Crippen molar-refractivity contribution in [3.8, 4) is 0 Å². The molecule has 16 heavy (non-hydrogen) atoms. The molecule has 0 aliphatic heterocycles. The number of aliphatic hydroxyl groups is 1. The molecule has 1 aromatic rings. The molecule has 3 heteroatoms. The molecule has 0 saturated carbocycles. The van der Waals surface area contributed by atoms with Gasteiger partial charge in [0.2, 0.25) is 0 Å². The molecule has 2 atom stereocenters. The summed E-state index contributed by atoms with van der Waals surface area (Å²) in [6.07, 6.45) is 1.35. The molecule has 0 aromatic heterocycles. The second-order valence-corrected chi connectivity index (χ2v) is 4.42. The van der Waals surface area contributed by atoms with Crippen LogP contribution in [0.3, 0.4) is 0 Å². The van der Waals surface area contributed by atoms with Crippen LogP contribution >= 0.6 is 0 Å². The molecule has 0 spiro atoms. The van der Waals surface area contributed by atoms with E-state index in [4.69, 9.17) is 10.8 Å². The van der Waals surface area contributed by atoms with Gasteiger partial charge >= 0.3 is 0 Å². The van der Waals surface area contributed by atoms with Gasteiger partial charge in [-0.05, 0) is 30.5 Å². The average Bonchev–Trinajstić information content (AvgIpc) is 2.28. The van der Waals surface area contributed by atoms with Gasteiger partial charge in [0.15, 0.2) is 0 Å². The third kappa shape index (κ3) is 2.60. The van der Waals surface area contributed by atoms with Gasteiger partial charge in [0, 0.05) is 18.1 Å². The predicted octanol–water partition coefficient (Wildman–Crippen LogP) is 2.20. The zero-order valence-electron chi connectivity index (χ0n) is 9.91. The summed E-state index contributed by atoms with van der Waals surface area (Å²) in [6, 6.07) is 6.39. The van der Waals surface area contributed by atoms with Crippen LogP contribution in [0.4, 0.5) is 4.39 Å². The van der Waals surface area contributed by atoms with Gasteiger partial charge in [-0.2, -0.15) is 0 Å². The highest BCUT2D eigenvalue weighted by Crippen LogP contribution is 2.32. The van der Waals surface area contributed by atoms with Crippen molar-refractivity contribution >= 4 is 0 Å². The van der Waals surface area contributed by atoms with E-state index in [1.54, 1.807) is 6.07 Å². The van der Waals surface area contributed by atoms with Crippen LogP contribution in [-0.2, 0) is 5.41 Å². The number of rotatable bonds is 5. The van der Waals surface area contributed by atoms with E-state index in [1.165, 1.54) is 12.1 Å². The zero-order chi connectivity index (χ0) is 12.2. The molecule has 2 unspecified atom stereocenters. The van der Waals surface area contributed by atoms with Crippen LogP contribution in [-0.4, -0.2) is 17.8 Å². The van der Waals surface area contributed by atoms with Crippen molar-refractivity contribution in [3.63, 3.8) is 0 Å². The van der Waals surface area contributed by atoms with Gasteiger partial charge in [0.1, 0.15) is 5.82 Å². The summed E-state index contributed by atoms with van der Waals surface area (Å²) in [5, 5.41) is 9.13. The fraction of sp³-hybridized carbons (Fsp3) is 0.538. The molecule has 0 radical (unpaired) electrons. The Morgan fingerprint density at radius 3 is 2.69 bits per heavy atom. The maximum atomic E-state index is 13.2. The Hall–Kier alpha value is -0.930. The smallest absolute Gasteiger partial charge is 0.123 e. The Labute approximate surface area is 96.3 Å². The Balaban J connectivity index is 3.10. The van der Waals surface area contributed by atoms with E-state index >= 15 is 0 Å². The van der Waals surface area contributed by atoms with Gasteiger partial charge in [-0.15, -0.1) is 0 Å². The van der Waals surface area contributed by atoms with Gasteiger partial charge in [-0.1, -0.05) is 26.0 Å². The second kappa shape index (κ2) is 5.41. The van der Waals surface area contributed by atoms with Crippen LogP contribution in [0.1, 0.15) is 32.3 Å². The van der Waals surface area contributed by atoms with E-state index in [0.29, 0.717) is 6.42 Å². The van der Waals surface area contributed by atoms with Crippen LogP contribution in [0.15, 0.2) is 24.3 Å². The molecule has 0 fully saturated rings. The van der Waals surface area contributed by atoms with E-state index in [2.05, 4.69) is 0 Å². The maximum absolute atomic E-state index is 13.2. The lowest BCUT2D eigenvalue weighted by Gasteiger charge is -2.35. The number of hydrogen-bond acceptors (Lipinski definition) is 2. The van der Waals surface area contributed by atoms with Gasteiger partial charge in [0.05, 0.1) is 0 Å². The van der Waals surface area contributed by atoms with Crippen molar-refractivity contribution < 1.29 is 9.50 Å². The van der Waals surface area contributed by atoms with Crippen molar-refractivity contribution in [2.75, 3.05) is 6.61 Å². The number of nitrogens with two attached hydrogens (primary N) is 1. The van der Waals surface area contributed by atoms with Crippen LogP contribution in [0.25, 0.3) is 0 Å². The maximum Gasteiger partial charge on any atom is 0.123 e. The fourth-order valence-electron chi connectivity index (χ4n) is 2.07. The van der Waals surface area contributed by atoms with Crippen molar-refractivity contribution in [1.82, 2.24) is 0 Å². The zero-order valence-corrected chi connectivity index (χ0v) is 9.91. The number of halogens is 1. The molecule has 0 heterocycles. The Kier molecular flexibility index (Phi) is 4.44. The van der Waals surface area contributed by atoms with E-state index in [0.717, 1.165) is 12.0 Å². The minimum absolute atomic E-state index is 0.0563. The van der Waals surface area contributed by atoms with Gasteiger partial charge < -0.3 is 10.8 Å². The molecule has 0 aliphatic carbocycles. The minimum Gasteiger partial charge on any atom is -0.396 e. The highest BCUT2D eigenvalue weighted by molar-refractivity contribution is 5.27. The molecule has 2 nitrogen and oxygen atoms in total. The SMILES string of the molecule is CCC(N)C(C)(CCO)c1cccc(F)c1. The molecule has 90 valence electrons. The van der Waals surface area contributed by atoms with Gasteiger partial charge in [-0.3, -0.25) is 0 Å². The molecule has 0 amide bonds. The standard InChI is InChI=1S/C13H20FNO/c1-3-12(15)13(2,7-8-16)10-5-4-6-11(14)9-10/h4-6,9,12,16H,3,7-8,15H2,1-2H3. The number of hydrogen-bond donors (Lipinski definition) is 2. The van der Waals surface area contributed by atoms with Crippen molar-refractivity contribution in [1.29, 1.82) is 0 Å². The lowest BCUT2D eigenvalue weighted by atomic mass is 9.73. The molecule has 3 N–H and O–H groups in total. The highest BCUT2D eigenvalue weighted by Gasteiger charge is 2.32. The Morgan fingerprint density at radius 2 is 2.19 bits per heavy atom. The summed E-state index contributed by atoms with van der Waals surface area (Å²) in [5.74, 6) is -0.259. The molecule has 0 aliphatic rings. The minimum atomic E-state index is -0.369. The third-order valence-corrected chi connectivity index (χ3v) is 3.37. The molecular formula is C13H20FNO. The van der Waals surface area contributed by atoms with E-state index < -0.39 is 0 Å². The first-order chi connectivity index (χ1) is 7.54. The number of benzene rings is 1. The monoisotopic (exact) mass is 225 g/mol. The summed E-state index contributed by atoms with van der Waals surface area (Å²) in [5.41, 5.74) is 6.57. The van der Waals surface area contributed by atoms with Crippen LogP contribution in [0.2, 0.25) is 0 Å². The molecule has 1 rings (SSSR count). The quantitative estimate of drug-likeness (QED) is 0.807. The van der Waals surface area contributed by atoms with Crippen LogP contribution in [0.5, 0.6) is 0 Å². The van der Waals surface area contributed by atoms with Gasteiger partial charge in [-0.25, -0.2) is 4.39 Å². The fourth-order valence-corrected chi connectivity index (χ4v) is 2.07. The summed E-state index contributed by atoms with van der Waals surface area (Å²) in [6.45, 7) is 4.03. The van der Waals surface area contributed by atoms with Crippen LogP contribution < -0.4 is 5.73 Å². The summed E-state index contributed by atoms with van der Waals surface area (Å²) < 4.78 is 13.2. The lowest BCUT2D eigenvalue weighted by Crippen LogP contribution is -2.43. The lowest BCUT2D eigenvalue weighted by molar-refractivity contribution is 0.223. The van der Waals surface area contributed by atoms with E-state index in [-0.39, 0.29) is 23.9 Å². The first-order valence-electron chi connectivity index (χ1n) is 5.67. The topological polar surface area (TPSA) is 46.2 Å². The second-order valence-electron chi connectivity index (χ2n) is 4.42. The molecule has 1 aromatic carbocycles. The molecule has 0 bridgehead atoms. The van der Waals surface area contributed by atoms with E-state index in [1.807, 2.05) is 19.9 Å². The van der Waals surface area contributed by atoms with Crippen molar-refractivity contribution in [3.05, 3.63) is 35.6 Å². The average molecular weight is 225 g/mol. The summed E-state index contributed by atoms with van der Waals surface area (Å²) in [7, 11) is 0. The van der Waals surface area contributed by atoms with Gasteiger partial charge in [0.25, 0.3) is 0 Å². The first kappa shape index (κ1) is 13.1. The van der Waals surface area contributed by atoms with Crippen molar-refractivity contribution in [2.24, 2.45) is 5.73 Å². The summed E-state index contributed by atoms with van der Waals surface area (Å²) in [4.78, 5) is 0. The molecular weight excluding hydrogens is 205 g/mol. The predicted molar refractivity (Wildman–Crippen MR) is 63.7 cm³/mol. The highest BCUT2D eigenvalue weighted by atomic mass is 19.1. The largest absolute Gasteiger partial charge is 0.396 e. The first-order valence-corrected chi connectivity index (χ1v) is 5.67. The Morgan fingerprint density at radius 1 is 1.50 bits per heavy atom. The third-order valence-electron chi connectivity index (χ3n) is 3.37. The van der Waals surface area contributed by atoms with Crippen molar-refractivity contribution in [2.45, 2.75) is 38.1 Å². The van der Waals surface area contributed by atoms with Crippen LogP contribution in [0, 0.1) is 5.82 Å². The normalized spacial score (nSPS) is 16.8. The number of aliphatic hydroxyl groups excluding tert-OH is 1. The Bertz CT molecular complexity index is 342. The van der Waals surface area contributed by atoms with E-state index in [9.17, 15) is 4.39 Å².